The van der Waals surface area contributed by atoms with Crippen LogP contribution in [0.25, 0.3) is 0 Å². The van der Waals surface area contributed by atoms with Gasteiger partial charge in [0.2, 0.25) is 5.91 Å². The molecule has 0 saturated carbocycles. The number of carbonyl (C=O) groups excluding carboxylic acids is 2. The van der Waals surface area contributed by atoms with Gasteiger partial charge in [0.25, 0.3) is 5.91 Å². The molecule has 1 fully saturated rings. The molecule has 4 rings (SSSR count). The molecule has 2 amide bonds. The predicted molar refractivity (Wildman–Crippen MR) is 117 cm³/mol. The van der Waals surface area contributed by atoms with Crippen LogP contribution >= 0.6 is 11.3 Å². The first-order valence-electron chi connectivity index (χ1n) is 10.0. The number of benzene rings is 1. The maximum Gasteiger partial charge on any atom is 0.273 e. The second-order valence-electron chi connectivity index (χ2n) is 7.33. The summed E-state index contributed by atoms with van der Waals surface area (Å²) in [5.74, 6) is -0.790. The zero-order valence-electron chi connectivity index (χ0n) is 16.8. The average Bonchev–Trinajstić information content (AvgIpc) is 3.27. The van der Waals surface area contributed by atoms with Crippen molar-refractivity contribution in [2.45, 2.75) is 19.4 Å². The van der Waals surface area contributed by atoms with E-state index >= 15 is 0 Å². The molecule has 7 nitrogen and oxygen atoms in total. The van der Waals surface area contributed by atoms with E-state index in [9.17, 15) is 14.0 Å². The lowest BCUT2D eigenvalue weighted by Gasteiger charge is -2.31. The number of aromatic nitrogens is 2. The lowest BCUT2D eigenvalue weighted by atomic mass is 9.97. The molecule has 3 aromatic rings. The molecule has 2 N–H and O–H groups in total. The monoisotopic (exact) mass is 439 g/mol. The molecular formula is C22H22FN5O2S. The summed E-state index contributed by atoms with van der Waals surface area (Å²) in [6, 6.07) is 9.65. The summed E-state index contributed by atoms with van der Waals surface area (Å²) < 4.78 is 13.0. The maximum atomic E-state index is 13.0. The van der Waals surface area contributed by atoms with Gasteiger partial charge in [0, 0.05) is 43.1 Å². The molecule has 1 aliphatic rings. The highest BCUT2D eigenvalue weighted by Crippen LogP contribution is 2.24. The lowest BCUT2D eigenvalue weighted by molar-refractivity contribution is -0.126. The Bertz CT molecular complexity index is 1040. The van der Waals surface area contributed by atoms with Crippen molar-refractivity contribution in [3.05, 3.63) is 71.2 Å². The number of rotatable bonds is 6. The molecule has 9 heteroatoms. The summed E-state index contributed by atoms with van der Waals surface area (Å²) in [6.07, 6.45) is 4.90. The standard InChI is InChI=1S/C22H22FN5O2S/c23-17-3-5-18(6-4-17)26-22-27-19(14-31-22)21(30)28-11-1-2-16(13-28)20(29)25-12-15-7-9-24-10-8-15/h3-10,14,16H,1-2,11-13H2,(H,25,29)(H,26,27). The van der Waals surface area contributed by atoms with Crippen LogP contribution in [0.2, 0.25) is 0 Å². The largest absolute Gasteiger partial charge is 0.352 e. The minimum absolute atomic E-state index is 0.0498. The number of thiazole rings is 1. The Hall–Kier alpha value is -3.33. The van der Waals surface area contributed by atoms with Gasteiger partial charge in [-0.1, -0.05) is 0 Å². The zero-order valence-corrected chi connectivity index (χ0v) is 17.6. The van der Waals surface area contributed by atoms with Gasteiger partial charge in [-0.25, -0.2) is 9.37 Å². The first-order valence-corrected chi connectivity index (χ1v) is 10.9. The van der Waals surface area contributed by atoms with Crippen molar-refractivity contribution in [3.8, 4) is 0 Å². The van der Waals surface area contributed by atoms with E-state index in [1.807, 2.05) is 12.1 Å². The molecule has 3 heterocycles. The molecule has 1 atom stereocenters. The van der Waals surface area contributed by atoms with Gasteiger partial charge in [-0.15, -0.1) is 11.3 Å². The van der Waals surface area contributed by atoms with E-state index in [0.717, 1.165) is 18.4 Å². The van der Waals surface area contributed by atoms with Crippen LogP contribution < -0.4 is 10.6 Å². The normalized spacial score (nSPS) is 16.0. The highest BCUT2D eigenvalue weighted by atomic mass is 32.1. The van der Waals surface area contributed by atoms with Gasteiger partial charge in [-0.05, 0) is 54.8 Å². The third kappa shape index (κ3) is 5.43. The van der Waals surface area contributed by atoms with Crippen molar-refractivity contribution in [1.82, 2.24) is 20.2 Å². The van der Waals surface area contributed by atoms with Crippen molar-refractivity contribution in [2.75, 3.05) is 18.4 Å². The van der Waals surface area contributed by atoms with Crippen LogP contribution in [-0.2, 0) is 11.3 Å². The van der Waals surface area contributed by atoms with Gasteiger partial charge >= 0.3 is 0 Å². The lowest BCUT2D eigenvalue weighted by Crippen LogP contribution is -2.45. The van der Waals surface area contributed by atoms with Gasteiger partial charge in [0.1, 0.15) is 11.5 Å². The first-order chi connectivity index (χ1) is 15.1. The smallest absolute Gasteiger partial charge is 0.273 e. The second kappa shape index (κ2) is 9.65. The van der Waals surface area contributed by atoms with E-state index in [1.165, 1.54) is 23.5 Å². The van der Waals surface area contributed by atoms with E-state index < -0.39 is 0 Å². The van der Waals surface area contributed by atoms with Crippen LogP contribution in [0.4, 0.5) is 15.2 Å². The van der Waals surface area contributed by atoms with E-state index in [-0.39, 0.29) is 23.5 Å². The summed E-state index contributed by atoms with van der Waals surface area (Å²) in [5, 5.41) is 8.27. The number of hydrogen-bond acceptors (Lipinski definition) is 6. The van der Waals surface area contributed by atoms with Crippen LogP contribution in [-0.4, -0.2) is 39.8 Å². The van der Waals surface area contributed by atoms with E-state index in [2.05, 4.69) is 20.6 Å². The molecule has 0 bridgehead atoms. The molecule has 1 aromatic carbocycles. The van der Waals surface area contributed by atoms with Gasteiger partial charge in [-0.3, -0.25) is 14.6 Å². The zero-order chi connectivity index (χ0) is 21.6. The van der Waals surface area contributed by atoms with Crippen molar-refractivity contribution < 1.29 is 14.0 Å². The number of anilines is 2. The highest BCUT2D eigenvalue weighted by molar-refractivity contribution is 7.14. The molecular weight excluding hydrogens is 417 g/mol. The number of carbonyl (C=O) groups is 2. The molecule has 1 saturated heterocycles. The van der Waals surface area contributed by atoms with E-state index in [4.69, 9.17) is 0 Å². The molecule has 1 unspecified atom stereocenters. The quantitative estimate of drug-likeness (QED) is 0.613. The molecule has 0 radical (unpaired) electrons. The van der Waals surface area contributed by atoms with Gasteiger partial charge in [0.05, 0.1) is 5.92 Å². The highest BCUT2D eigenvalue weighted by Gasteiger charge is 2.29. The third-order valence-electron chi connectivity index (χ3n) is 5.11. The van der Waals surface area contributed by atoms with Gasteiger partial charge in [0.15, 0.2) is 5.13 Å². The average molecular weight is 440 g/mol. The minimum Gasteiger partial charge on any atom is -0.352 e. The molecule has 0 spiro atoms. The first kappa shape index (κ1) is 20.9. The molecule has 0 aliphatic carbocycles. The van der Waals surface area contributed by atoms with E-state index in [1.54, 1.807) is 34.8 Å². The SMILES string of the molecule is O=C(NCc1ccncc1)C1CCCN(C(=O)c2csc(Nc3ccc(F)cc3)n2)C1. The Kier molecular flexibility index (Phi) is 6.51. The van der Waals surface area contributed by atoms with Crippen molar-refractivity contribution in [3.63, 3.8) is 0 Å². The Labute approximate surface area is 183 Å². The number of halogens is 1. The second-order valence-corrected chi connectivity index (χ2v) is 8.19. The number of pyridine rings is 1. The van der Waals surface area contributed by atoms with Crippen molar-refractivity contribution in [1.29, 1.82) is 0 Å². The number of likely N-dealkylation sites (tertiary alicyclic amines) is 1. The maximum absolute atomic E-state index is 13.0. The van der Waals surface area contributed by atoms with Gasteiger partial charge in [-0.2, -0.15) is 0 Å². The molecule has 160 valence electrons. The Morgan fingerprint density at radius 1 is 1.16 bits per heavy atom. The number of piperidine rings is 1. The van der Waals surface area contributed by atoms with Crippen LogP contribution in [0.1, 0.15) is 28.9 Å². The Morgan fingerprint density at radius 2 is 1.94 bits per heavy atom. The van der Waals surface area contributed by atoms with Gasteiger partial charge < -0.3 is 15.5 Å². The summed E-state index contributed by atoms with van der Waals surface area (Å²) in [5.41, 5.74) is 2.02. The predicted octanol–water partition coefficient (Wildman–Crippen LogP) is 3.59. The minimum atomic E-state index is -0.315. The summed E-state index contributed by atoms with van der Waals surface area (Å²) in [7, 11) is 0. The molecule has 31 heavy (non-hydrogen) atoms. The Morgan fingerprint density at radius 3 is 2.71 bits per heavy atom. The third-order valence-corrected chi connectivity index (χ3v) is 5.87. The number of nitrogens with zero attached hydrogens (tertiary/aromatic N) is 3. The van der Waals surface area contributed by atoms with Crippen molar-refractivity contribution >= 4 is 34.0 Å². The summed E-state index contributed by atoms with van der Waals surface area (Å²) in [6.45, 7) is 1.42. The fraction of sp³-hybridized carbons (Fsp3) is 0.273. The molecule has 1 aliphatic heterocycles. The van der Waals surface area contributed by atoms with Crippen LogP contribution in [0.5, 0.6) is 0 Å². The fourth-order valence-corrected chi connectivity index (χ4v) is 4.16. The number of hydrogen-bond donors (Lipinski definition) is 2. The van der Waals surface area contributed by atoms with E-state index in [0.29, 0.717) is 36.1 Å². The van der Waals surface area contributed by atoms with Crippen LogP contribution in [0, 0.1) is 11.7 Å². The number of nitrogens with one attached hydrogen (secondary N) is 2. The topological polar surface area (TPSA) is 87.2 Å². The fourth-order valence-electron chi connectivity index (χ4n) is 3.46. The Balaban J connectivity index is 1.33. The summed E-state index contributed by atoms with van der Waals surface area (Å²) >= 11 is 1.31. The van der Waals surface area contributed by atoms with Crippen LogP contribution in [0.3, 0.4) is 0 Å². The van der Waals surface area contributed by atoms with Crippen molar-refractivity contribution in [2.24, 2.45) is 5.92 Å². The van der Waals surface area contributed by atoms with Crippen LogP contribution in [0.15, 0.2) is 54.2 Å². The number of amides is 2. The molecule has 2 aromatic heterocycles. The summed E-state index contributed by atoms with van der Waals surface area (Å²) in [4.78, 5) is 35.5.